The van der Waals surface area contributed by atoms with Crippen LogP contribution in [0.5, 0.6) is 0 Å². The predicted octanol–water partition coefficient (Wildman–Crippen LogP) is 2.50. The molecule has 0 aliphatic carbocycles. The Labute approximate surface area is 115 Å². The summed E-state index contributed by atoms with van der Waals surface area (Å²) < 4.78 is 0. The second-order valence-electron chi connectivity index (χ2n) is 4.84. The van der Waals surface area contributed by atoms with Gasteiger partial charge in [-0.2, -0.15) is 0 Å². The molecule has 0 saturated heterocycles. The number of fused-ring (bicyclic) bond motifs is 1. The second-order valence-corrected chi connectivity index (χ2v) is 6.04. The molecule has 2 N–H and O–H groups in total. The smallest absolute Gasteiger partial charge is 0.266 e. The van der Waals surface area contributed by atoms with E-state index < -0.39 is 0 Å². The van der Waals surface area contributed by atoms with Crippen molar-refractivity contribution in [2.45, 2.75) is 26.9 Å². The van der Waals surface area contributed by atoms with Gasteiger partial charge in [0.15, 0.2) is 0 Å². The standard InChI is InChI=1S/C14H15N3OS/c1-8-13(19-9(2)16-8)14(18)17-6-10-3-4-12(15)5-11(10)7-17/h3-5H,6-7,15H2,1-2H3. The molecule has 1 aromatic heterocycles. The van der Waals surface area contributed by atoms with E-state index in [0.717, 1.165) is 26.8 Å². The molecule has 1 amide bonds. The molecule has 1 aromatic carbocycles. The molecule has 3 rings (SSSR count). The molecule has 0 saturated carbocycles. The van der Waals surface area contributed by atoms with Gasteiger partial charge < -0.3 is 10.6 Å². The molecule has 5 heteroatoms. The second kappa shape index (κ2) is 4.35. The number of carbonyl (C=O) groups is 1. The molecule has 0 radical (unpaired) electrons. The monoisotopic (exact) mass is 273 g/mol. The van der Waals surface area contributed by atoms with Crippen LogP contribution in [0.2, 0.25) is 0 Å². The first-order valence-corrected chi connectivity index (χ1v) is 6.97. The highest BCUT2D eigenvalue weighted by molar-refractivity contribution is 7.13. The Kier molecular flexibility index (Phi) is 2.78. The number of rotatable bonds is 1. The first kappa shape index (κ1) is 12.2. The molecular weight excluding hydrogens is 258 g/mol. The molecule has 98 valence electrons. The van der Waals surface area contributed by atoms with Crippen LogP contribution in [0.4, 0.5) is 5.69 Å². The Morgan fingerprint density at radius 2 is 2.05 bits per heavy atom. The molecule has 0 fully saturated rings. The fraction of sp³-hybridized carbons (Fsp3) is 0.286. The van der Waals surface area contributed by atoms with Crippen LogP contribution in [0.25, 0.3) is 0 Å². The fourth-order valence-electron chi connectivity index (χ4n) is 2.43. The quantitative estimate of drug-likeness (QED) is 0.812. The first-order chi connectivity index (χ1) is 9.04. The molecule has 2 aromatic rings. The van der Waals surface area contributed by atoms with Crippen molar-refractivity contribution in [3.8, 4) is 0 Å². The van der Waals surface area contributed by atoms with Crippen LogP contribution in [0.15, 0.2) is 18.2 Å². The van der Waals surface area contributed by atoms with Crippen LogP contribution < -0.4 is 5.73 Å². The van der Waals surface area contributed by atoms with Gasteiger partial charge in [-0.3, -0.25) is 4.79 Å². The molecule has 0 unspecified atom stereocenters. The van der Waals surface area contributed by atoms with Crippen molar-refractivity contribution in [2.75, 3.05) is 5.73 Å². The van der Waals surface area contributed by atoms with Gasteiger partial charge in [-0.25, -0.2) is 4.98 Å². The average Bonchev–Trinajstić information content (AvgIpc) is 2.91. The number of hydrogen-bond donors (Lipinski definition) is 1. The normalized spacial score (nSPS) is 13.7. The Bertz CT molecular complexity index is 663. The van der Waals surface area contributed by atoms with Crippen LogP contribution in [0.3, 0.4) is 0 Å². The Morgan fingerprint density at radius 3 is 2.74 bits per heavy atom. The highest BCUT2D eigenvalue weighted by Gasteiger charge is 2.26. The van der Waals surface area contributed by atoms with Gasteiger partial charge in [0.1, 0.15) is 4.88 Å². The summed E-state index contributed by atoms with van der Waals surface area (Å²) in [5.41, 5.74) is 9.68. The number of nitrogens with zero attached hydrogens (tertiary/aromatic N) is 2. The SMILES string of the molecule is Cc1nc(C)c(C(=O)N2Cc3ccc(N)cc3C2)s1. The third-order valence-corrected chi connectivity index (χ3v) is 4.40. The van der Waals surface area contributed by atoms with E-state index in [9.17, 15) is 4.79 Å². The minimum Gasteiger partial charge on any atom is -0.399 e. The van der Waals surface area contributed by atoms with E-state index in [-0.39, 0.29) is 5.91 Å². The van der Waals surface area contributed by atoms with Gasteiger partial charge in [0.05, 0.1) is 10.7 Å². The van der Waals surface area contributed by atoms with Crippen molar-refractivity contribution in [3.05, 3.63) is 44.9 Å². The number of benzene rings is 1. The Balaban J connectivity index is 1.87. The maximum atomic E-state index is 12.5. The van der Waals surface area contributed by atoms with Crippen LogP contribution in [-0.4, -0.2) is 15.8 Å². The van der Waals surface area contributed by atoms with Crippen molar-refractivity contribution in [2.24, 2.45) is 0 Å². The van der Waals surface area contributed by atoms with Crippen molar-refractivity contribution in [1.82, 2.24) is 9.88 Å². The number of aryl methyl sites for hydroxylation is 2. The number of thiazole rings is 1. The van der Waals surface area contributed by atoms with Crippen molar-refractivity contribution in [1.29, 1.82) is 0 Å². The molecule has 0 bridgehead atoms. The van der Waals surface area contributed by atoms with Crippen molar-refractivity contribution >= 4 is 22.9 Å². The van der Waals surface area contributed by atoms with Gasteiger partial charge in [-0.05, 0) is 37.1 Å². The molecule has 1 aliphatic rings. The fourth-order valence-corrected chi connectivity index (χ4v) is 3.32. The lowest BCUT2D eigenvalue weighted by Gasteiger charge is -2.14. The summed E-state index contributed by atoms with van der Waals surface area (Å²) in [5.74, 6) is 0.0675. The van der Waals surface area contributed by atoms with Gasteiger partial charge in [-0.15, -0.1) is 11.3 Å². The maximum absolute atomic E-state index is 12.5. The Hall–Kier alpha value is -1.88. The summed E-state index contributed by atoms with van der Waals surface area (Å²) in [6.07, 6.45) is 0. The lowest BCUT2D eigenvalue weighted by molar-refractivity contribution is 0.0755. The number of anilines is 1. The van der Waals surface area contributed by atoms with Gasteiger partial charge >= 0.3 is 0 Å². The molecular formula is C14H15N3OS. The molecule has 4 nitrogen and oxygen atoms in total. The van der Waals surface area contributed by atoms with E-state index in [1.807, 2.05) is 36.9 Å². The molecule has 2 heterocycles. The number of amides is 1. The highest BCUT2D eigenvalue weighted by atomic mass is 32.1. The number of nitrogens with two attached hydrogens (primary N) is 1. The molecule has 0 spiro atoms. The number of aromatic nitrogens is 1. The number of hydrogen-bond acceptors (Lipinski definition) is 4. The third-order valence-electron chi connectivity index (χ3n) is 3.34. The van der Waals surface area contributed by atoms with Crippen molar-refractivity contribution < 1.29 is 4.79 Å². The minimum atomic E-state index is 0.0675. The summed E-state index contributed by atoms with van der Waals surface area (Å²) in [4.78, 5) is 19.4. The van der Waals surface area contributed by atoms with Crippen LogP contribution in [0, 0.1) is 13.8 Å². The van der Waals surface area contributed by atoms with Gasteiger partial charge in [0.2, 0.25) is 0 Å². The van der Waals surface area contributed by atoms with E-state index in [0.29, 0.717) is 13.1 Å². The molecule has 19 heavy (non-hydrogen) atoms. The molecule has 0 atom stereocenters. The summed E-state index contributed by atoms with van der Waals surface area (Å²) >= 11 is 1.46. The zero-order valence-corrected chi connectivity index (χ0v) is 11.8. The van der Waals surface area contributed by atoms with Crippen LogP contribution >= 0.6 is 11.3 Å². The van der Waals surface area contributed by atoms with Crippen LogP contribution in [-0.2, 0) is 13.1 Å². The Morgan fingerprint density at radius 1 is 1.32 bits per heavy atom. The summed E-state index contributed by atoms with van der Waals surface area (Å²) in [7, 11) is 0. The van der Waals surface area contributed by atoms with Gasteiger partial charge in [0.25, 0.3) is 5.91 Å². The van der Waals surface area contributed by atoms with Gasteiger partial charge in [-0.1, -0.05) is 6.07 Å². The topological polar surface area (TPSA) is 59.2 Å². The zero-order chi connectivity index (χ0) is 13.6. The van der Waals surface area contributed by atoms with Crippen molar-refractivity contribution in [3.63, 3.8) is 0 Å². The first-order valence-electron chi connectivity index (χ1n) is 6.15. The van der Waals surface area contributed by atoms with E-state index in [1.165, 1.54) is 16.9 Å². The minimum absolute atomic E-state index is 0.0675. The van der Waals surface area contributed by atoms with Crippen LogP contribution in [0.1, 0.15) is 31.5 Å². The highest BCUT2D eigenvalue weighted by Crippen LogP contribution is 2.28. The summed E-state index contributed by atoms with van der Waals surface area (Å²) in [5, 5.41) is 0.932. The zero-order valence-electron chi connectivity index (χ0n) is 10.9. The number of carbonyl (C=O) groups excluding carboxylic acids is 1. The van der Waals surface area contributed by atoms with E-state index in [4.69, 9.17) is 5.73 Å². The lowest BCUT2D eigenvalue weighted by Crippen LogP contribution is -2.25. The summed E-state index contributed by atoms with van der Waals surface area (Å²) in [6.45, 7) is 5.10. The van der Waals surface area contributed by atoms with E-state index in [1.54, 1.807) is 0 Å². The van der Waals surface area contributed by atoms with Gasteiger partial charge in [0, 0.05) is 18.8 Å². The summed E-state index contributed by atoms with van der Waals surface area (Å²) in [6, 6.07) is 5.84. The molecule has 1 aliphatic heterocycles. The number of nitrogen functional groups attached to an aromatic ring is 1. The van der Waals surface area contributed by atoms with E-state index in [2.05, 4.69) is 4.98 Å². The third kappa shape index (κ3) is 2.10. The average molecular weight is 273 g/mol. The largest absolute Gasteiger partial charge is 0.399 e. The van der Waals surface area contributed by atoms with E-state index >= 15 is 0 Å². The predicted molar refractivity (Wildman–Crippen MR) is 76.0 cm³/mol. The lowest BCUT2D eigenvalue weighted by atomic mass is 10.1. The maximum Gasteiger partial charge on any atom is 0.266 e.